The van der Waals surface area contributed by atoms with E-state index in [1.165, 1.54) is 0 Å². The highest BCUT2D eigenvalue weighted by atomic mass is 35.5. The number of aryl methyl sites for hydroxylation is 2. The van der Waals surface area contributed by atoms with Crippen molar-refractivity contribution in [3.63, 3.8) is 0 Å². The molecule has 1 amide bonds. The van der Waals surface area contributed by atoms with E-state index in [0.29, 0.717) is 18.8 Å². The first-order chi connectivity index (χ1) is 9.26. The van der Waals surface area contributed by atoms with Gasteiger partial charge in [0.25, 0.3) is 5.91 Å². The monoisotopic (exact) mass is 299 g/mol. The van der Waals surface area contributed by atoms with Gasteiger partial charge in [0.2, 0.25) is 0 Å². The normalized spacial score (nSPS) is 13.3. The van der Waals surface area contributed by atoms with E-state index in [0.717, 1.165) is 18.5 Å². The maximum absolute atomic E-state index is 12.2. The summed E-state index contributed by atoms with van der Waals surface area (Å²) in [7, 11) is 0. The minimum absolute atomic E-state index is 0.0532. The highest BCUT2D eigenvalue weighted by molar-refractivity contribution is 6.21. The highest BCUT2D eigenvalue weighted by Crippen LogP contribution is 2.23. The fourth-order valence-electron chi connectivity index (χ4n) is 2.10. The van der Waals surface area contributed by atoms with Crippen LogP contribution in [0.3, 0.4) is 0 Å². The van der Waals surface area contributed by atoms with Crippen molar-refractivity contribution < 1.29 is 4.79 Å². The smallest absolute Gasteiger partial charge is 0.269 e. The lowest BCUT2D eigenvalue weighted by molar-refractivity contribution is 0.0941. The van der Waals surface area contributed by atoms with Crippen molar-refractivity contribution in [2.45, 2.75) is 59.4 Å². The Balaban J connectivity index is 2.61. The third-order valence-electron chi connectivity index (χ3n) is 3.04. The molecule has 1 unspecified atom stereocenters. The minimum atomic E-state index is -0.0985. The second kappa shape index (κ2) is 7.11. The molecule has 1 atom stereocenters. The van der Waals surface area contributed by atoms with Crippen molar-refractivity contribution in [1.29, 1.82) is 0 Å². The first-order valence-electron chi connectivity index (χ1n) is 7.25. The zero-order valence-electron chi connectivity index (χ0n) is 13.2. The van der Waals surface area contributed by atoms with Crippen LogP contribution in [0.1, 0.15) is 57.2 Å². The van der Waals surface area contributed by atoms with Gasteiger partial charge in [-0.3, -0.25) is 9.48 Å². The van der Waals surface area contributed by atoms with E-state index < -0.39 is 0 Å². The molecule has 0 aliphatic heterocycles. The minimum Gasteiger partial charge on any atom is -0.349 e. The van der Waals surface area contributed by atoms with E-state index in [-0.39, 0.29) is 16.7 Å². The van der Waals surface area contributed by atoms with Gasteiger partial charge in [-0.2, -0.15) is 5.10 Å². The van der Waals surface area contributed by atoms with Crippen LogP contribution in [0.5, 0.6) is 0 Å². The van der Waals surface area contributed by atoms with E-state index in [1.54, 1.807) is 4.68 Å². The summed E-state index contributed by atoms with van der Waals surface area (Å²) < 4.78 is 1.74. The Labute approximate surface area is 126 Å². The van der Waals surface area contributed by atoms with Crippen LogP contribution in [0.4, 0.5) is 0 Å². The second-order valence-corrected chi connectivity index (χ2v) is 6.88. The third-order valence-corrected chi connectivity index (χ3v) is 3.35. The number of halogens is 1. The van der Waals surface area contributed by atoms with Crippen molar-refractivity contribution >= 4 is 17.5 Å². The Morgan fingerprint density at radius 2 is 2.10 bits per heavy atom. The molecule has 0 fully saturated rings. The molecule has 0 aromatic carbocycles. The Morgan fingerprint density at radius 1 is 1.45 bits per heavy atom. The molecule has 0 bridgehead atoms. The summed E-state index contributed by atoms with van der Waals surface area (Å²) >= 11 is 6.27. The van der Waals surface area contributed by atoms with Crippen LogP contribution in [0.2, 0.25) is 0 Å². The zero-order valence-corrected chi connectivity index (χ0v) is 13.9. The lowest BCUT2D eigenvalue weighted by Crippen LogP contribution is -2.32. The SMILES string of the molecule is CCc1cc(C(=O)NCC(Cl)CC(C)(C)C)n(CC)n1. The van der Waals surface area contributed by atoms with Gasteiger partial charge in [0.15, 0.2) is 0 Å². The second-order valence-electron chi connectivity index (χ2n) is 6.26. The fourth-order valence-corrected chi connectivity index (χ4v) is 2.64. The largest absolute Gasteiger partial charge is 0.349 e. The topological polar surface area (TPSA) is 46.9 Å². The number of carbonyl (C=O) groups excluding carboxylic acids is 1. The number of rotatable bonds is 6. The molecule has 1 heterocycles. The van der Waals surface area contributed by atoms with Crippen molar-refractivity contribution in [3.05, 3.63) is 17.5 Å². The lowest BCUT2D eigenvalue weighted by atomic mass is 9.90. The Morgan fingerprint density at radius 3 is 2.60 bits per heavy atom. The summed E-state index contributed by atoms with van der Waals surface area (Å²) in [6.45, 7) is 11.6. The molecule has 0 saturated carbocycles. The molecule has 1 aromatic heterocycles. The molecular weight excluding hydrogens is 274 g/mol. The van der Waals surface area contributed by atoms with Gasteiger partial charge in [0.05, 0.1) is 11.1 Å². The van der Waals surface area contributed by atoms with Gasteiger partial charge in [-0.25, -0.2) is 0 Å². The van der Waals surface area contributed by atoms with Crippen molar-refractivity contribution in [1.82, 2.24) is 15.1 Å². The van der Waals surface area contributed by atoms with E-state index in [4.69, 9.17) is 11.6 Å². The van der Waals surface area contributed by atoms with Gasteiger partial charge in [-0.15, -0.1) is 11.6 Å². The number of amides is 1. The Kier molecular flexibility index (Phi) is 6.06. The number of alkyl halides is 1. The quantitative estimate of drug-likeness (QED) is 0.820. The van der Waals surface area contributed by atoms with Crippen LogP contribution in [0.15, 0.2) is 6.07 Å². The molecule has 0 aliphatic carbocycles. The van der Waals surface area contributed by atoms with E-state index >= 15 is 0 Å². The first kappa shape index (κ1) is 17.0. The summed E-state index contributed by atoms with van der Waals surface area (Å²) in [4.78, 5) is 12.2. The molecule has 1 aromatic rings. The third kappa shape index (κ3) is 5.16. The zero-order chi connectivity index (χ0) is 15.3. The van der Waals surface area contributed by atoms with Gasteiger partial charge >= 0.3 is 0 Å². The number of nitrogens with zero attached hydrogens (tertiary/aromatic N) is 2. The maximum Gasteiger partial charge on any atom is 0.269 e. The Bertz CT molecular complexity index is 448. The molecule has 1 N–H and O–H groups in total. The molecule has 0 saturated heterocycles. The van der Waals surface area contributed by atoms with Gasteiger partial charge in [0.1, 0.15) is 5.69 Å². The number of aromatic nitrogens is 2. The average molecular weight is 300 g/mol. The maximum atomic E-state index is 12.2. The summed E-state index contributed by atoms with van der Waals surface area (Å²) in [6, 6.07) is 1.85. The highest BCUT2D eigenvalue weighted by Gasteiger charge is 2.19. The fraction of sp³-hybridized carbons (Fsp3) is 0.733. The number of hydrogen-bond donors (Lipinski definition) is 1. The van der Waals surface area contributed by atoms with Crippen molar-refractivity contribution in [3.8, 4) is 0 Å². The number of hydrogen-bond acceptors (Lipinski definition) is 2. The first-order valence-corrected chi connectivity index (χ1v) is 7.69. The van der Waals surface area contributed by atoms with Crippen LogP contribution in [0.25, 0.3) is 0 Å². The van der Waals surface area contributed by atoms with Crippen molar-refractivity contribution in [2.24, 2.45) is 5.41 Å². The van der Waals surface area contributed by atoms with Crippen LogP contribution in [-0.4, -0.2) is 27.6 Å². The van der Waals surface area contributed by atoms with Crippen LogP contribution >= 0.6 is 11.6 Å². The van der Waals surface area contributed by atoms with Crippen LogP contribution < -0.4 is 5.32 Å². The van der Waals surface area contributed by atoms with Crippen LogP contribution in [0, 0.1) is 5.41 Å². The molecule has 20 heavy (non-hydrogen) atoms. The van der Waals surface area contributed by atoms with Gasteiger partial charge in [-0.1, -0.05) is 27.7 Å². The van der Waals surface area contributed by atoms with Gasteiger partial charge in [-0.05, 0) is 31.2 Å². The molecule has 4 nitrogen and oxygen atoms in total. The Hall–Kier alpha value is -1.03. The molecule has 114 valence electrons. The summed E-state index contributed by atoms with van der Waals surface area (Å²) in [5.41, 5.74) is 1.72. The van der Waals surface area contributed by atoms with E-state index in [9.17, 15) is 4.79 Å². The van der Waals surface area contributed by atoms with Crippen LogP contribution in [-0.2, 0) is 13.0 Å². The molecule has 1 rings (SSSR count). The predicted octanol–water partition coefficient (Wildman–Crippen LogP) is 3.24. The standard InChI is InChI=1S/C15H26ClN3O/c1-6-12-8-13(19(7-2)18-12)14(20)17-10-11(16)9-15(3,4)5/h8,11H,6-7,9-10H2,1-5H3,(H,17,20). The molecule has 5 heteroatoms. The molecule has 0 radical (unpaired) electrons. The predicted molar refractivity (Wildman–Crippen MR) is 83.3 cm³/mol. The van der Waals surface area contributed by atoms with Crippen molar-refractivity contribution in [2.75, 3.05) is 6.54 Å². The molecular formula is C15H26ClN3O. The number of nitrogens with one attached hydrogen (secondary N) is 1. The molecule has 0 spiro atoms. The lowest BCUT2D eigenvalue weighted by Gasteiger charge is -2.22. The molecule has 0 aliphatic rings. The van der Waals surface area contributed by atoms with Gasteiger partial charge in [0, 0.05) is 13.1 Å². The summed E-state index contributed by atoms with van der Waals surface area (Å²) in [6.07, 6.45) is 1.69. The average Bonchev–Trinajstić information content (AvgIpc) is 2.77. The summed E-state index contributed by atoms with van der Waals surface area (Å²) in [5.74, 6) is -0.0985. The summed E-state index contributed by atoms with van der Waals surface area (Å²) in [5, 5.41) is 7.23. The van der Waals surface area contributed by atoms with E-state index in [1.807, 2.05) is 19.9 Å². The van der Waals surface area contributed by atoms with E-state index in [2.05, 4.69) is 31.2 Å². The van der Waals surface area contributed by atoms with Gasteiger partial charge < -0.3 is 5.32 Å². The number of carbonyl (C=O) groups is 1.